The van der Waals surface area contributed by atoms with Crippen molar-refractivity contribution in [1.29, 1.82) is 0 Å². The lowest BCUT2D eigenvalue weighted by Gasteiger charge is -2.36. The van der Waals surface area contributed by atoms with Crippen LogP contribution in [0.5, 0.6) is 11.5 Å². The van der Waals surface area contributed by atoms with E-state index in [1.165, 1.54) is 22.4 Å². The molecule has 4 aromatic rings. The summed E-state index contributed by atoms with van der Waals surface area (Å²) in [5.41, 5.74) is 9.09. The first-order valence-corrected chi connectivity index (χ1v) is 13.3. The van der Waals surface area contributed by atoms with Crippen molar-refractivity contribution in [2.75, 3.05) is 23.3 Å². The minimum atomic E-state index is -1.04. The molecule has 1 atom stereocenters. The van der Waals surface area contributed by atoms with E-state index in [0.717, 1.165) is 41.2 Å². The average molecular weight is 505 g/mol. The lowest BCUT2D eigenvalue weighted by Crippen LogP contribution is -2.32. The number of rotatable bonds is 5. The molecule has 0 aromatic heterocycles. The topological polar surface area (TPSA) is 50.8 Å². The van der Waals surface area contributed by atoms with Gasteiger partial charge in [-0.15, -0.1) is 0 Å². The monoisotopic (exact) mass is 504 g/mol. The highest BCUT2D eigenvalue weighted by molar-refractivity contribution is 5.97. The second-order valence-electron chi connectivity index (χ2n) is 10.0. The minimum absolute atomic E-state index is 0.319. The normalized spacial score (nSPS) is 16.8. The Morgan fingerprint density at radius 3 is 2.21 bits per heavy atom. The SMILES string of the molecule is CCN(CC)c1cc(Nc2ccc3c(c2)Oc2ccccc2C32OC(=O)c3ccccc32)c(C)c(C)c1C. The van der Waals surface area contributed by atoms with E-state index in [2.05, 4.69) is 50.9 Å². The summed E-state index contributed by atoms with van der Waals surface area (Å²) in [5, 5.41) is 3.65. The van der Waals surface area contributed by atoms with Gasteiger partial charge in [-0.2, -0.15) is 0 Å². The number of carbonyl (C=O) groups excluding carboxylic acids is 1. The van der Waals surface area contributed by atoms with Gasteiger partial charge in [0.15, 0.2) is 5.60 Å². The molecule has 5 nitrogen and oxygen atoms in total. The van der Waals surface area contributed by atoms with Crippen LogP contribution in [0.4, 0.5) is 17.1 Å². The van der Waals surface area contributed by atoms with Crippen LogP contribution in [0.3, 0.4) is 0 Å². The van der Waals surface area contributed by atoms with E-state index in [9.17, 15) is 4.79 Å². The van der Waals surface area contributed by atoms with Gasteiger partial charge in [0.2, 0.25) is 0 Å². The van der Waals surface area contributed by atoms with E-state index < -0.39 is 5.60 Å². The molecular formula is C33H32N2O3. The first-order valence-electron chi connectivity index (χ1n) is 13.3. The summed E-state index contributed by atoms with van der Waals surface area (Å²) in [5.74, 6) is 1.04. The number of hydrogen-bond acceptors (Lipinski definition) is 5. The van der Waals surface area contributed by atoms with Gasteiger partial charge < -0.3 is 19.7 Å². The van der Waals surface area contributed by atoms with Crippen LogP contribution in [0.15, 0.2) is 72.8 Å². The average Bonchev–Trinajstić information content (AvgIpc) is 3.23. The molecule has 0 fully saturated rings. The summed E-state index contributed by atoms with van der Waals surface area (Å²) in [4.78, 5) is 15.4. The smallest absolute Gasteiger partial charge is 0.340 e. The molecule has 1 unspecified atom stereocenters. The van der Waals surface area contributed by atoms with Crippen molar-refractivity contribution in [3.05, 3.63) is 112 Å². The number of benzene rings is 4. The van der Waals surface area contributed by atoms with Crippen LogP contribution >= 0.6 is 0 Å². The van der Waals surface area contributed by atoms with Crippen molar-refractivity contribution in [2.24, 2.45) is 0 Å². The van der Waals surface area contributed by atoms with Crippen LogP contribution in [0.25, 0.3) is 0 Å². The maximum atomic E-state index is 13.0. The summed E-state index contributed by atoms with van der Waals surface area (Å²) in [6.07, 6.45) is 0. The zero-order chi connectivity index (χ0) is 26.6. The van der Waals surface area contributed by atoms with Crippen molar-refractivity contribution in [1.82, 2.24) is 0 Å². The van der Waals surface area contributed by atoms with E-state index in [1.807, 2.05) is 66.7 Å². The number of nitrogens with one attached hydrogen (secondary N) is 1. The fourth-order valence-electron chi connectivity index (χ4n) is 5.91. The standard InChI is InChI=1S/C33H32N2O3/c1-6-35(7-2)29-19-28(21(4)20(3)22(29)5)34-23-16-17-27-31(18-23)37-30-15-11-10-14-26(30)33(27)25-13-9-8-12-24(25)32(36)38-33/h8-19,34H,6-7H2,1-5H3. The van der Waals surface area contributed by atoms with Gasteiger partial charge in [-0.05, 0) is 81.6 Å². The van der Waals surface area contributed by atoms with Crippen molar-refractivity contribution in [3.8, 4) is 11.5 Å². The number of esters is 1. The number of ether oxygens (including phenoxy) is 2. The highest BCUT2D eigenvalue weighted by Crippen LogP contribution is 2.56. The lowest BCUT2D eigenvalue weighted by molar-refractivity contribution is 0.0224. The largest absolute Gasteiger partial charge is 0.456 e. The second-order valence-corrected chi connectivity index (χ2v) is 10.0. The molecule has 38 heavy (non-hydrogen) atoms. The summed E-state index contributed by atoms with van der Waals surface area (Å²) in [6, 6.07) is 23.7. The molecule has 5 heteroatoms. The fourth-order valence-corrected chi connectivity index (χ4v) is 5.91. The Kier molecular flexibility index (Phi) is 5.68. The molecule has 2 heterocycles. The summed E-state index contributed by atoms with van der Waals surface area (Å²) in [6.45, 7) is 12.8. The molecule has 2 aliphatic rings. The molecule has 4 aromatic carbocycles. The number of anilines is 3. The molecular weight excluding hydrogens is 472 g/mol. The second kappa shape index (κ2) is 8.95. The molecule has 6 rings (SSSR count). The maximum absolute atomic E-state index is 13.0. The van der Waals surface area contributed by atoms with E-state index in [0.29, 0.717) is 17.1 Å². The predicted octanol–water partition coefficient (Wildman–Crippen LogP) is 7.77. The molecule has 0 saturated carbocycles. The van der Waals surface area contributed by atoms with Crippen LogP contribution in [-0.4, -0.2) is 19.1 Å². The summed E-state index contributed by atoms with van der Waals surface area (Å²) in [7, 11) is 0. The Bertz CT molecular complexity index is 1590. The van der Waals surface area contributed by atoms with Gasteiger partial charge >= 0.3 is 5.97 Å². The summed E-state index contributed by atoms with van der Waals surface area (Å²) < 4.78 is 12.7. The van der Waals surface area contributed by atoms with Gasteiger partial charge in [0, 0.05) is 52.9 Å². The maximum Gasteiger partial charge on any atom is 0.340 e. The van der Waals surface area contributed by atoms with Gasteiger partial charge in [0.05, 0.1) is 5.56 Å². The van der Waals surface area contributed by atoms with E-state index in [-0.39, 0.29) is 5.97 Å². The number of nitrogens with zero attached hydrogens (tertiary/aromatic N) is 1. The summed E-state index contributed by atoms with van der Waals surface area (Å²) >= 11 is 0. The Morgan fingerprint density at radius 1 is 0.763 bits per heavy atom. The zero-order valence-corrected chi connectivity index (χ0v) is 22.5. The molecule has 1 spiro atoms. The number of carbonyl (C=O) groups is 1. The minimum Gasteiger partial charge on any atom is -0.456 e. The number of fused-ring (bicyclic) bond motifs is 6. The van der Waals surface area contributed by atoms with Crippen molar-refractivity contribution in [3.63, 3.8) is 0 Å². The third kappa shape index (κ3) is 3.42. The first-order chi connectivity index (χ1) is 18.4. The zero-order valence-electron chi connectivity index (χ0n) is 22.5. The van der Waals surface area contributed by atoms with Gasteiger partial charge in [0.25, 0.3) is 0 Å². The van der Waals surface area contributed by atoms with Crippen LogP contribution in [0.1, 0.15) is 57.6 Å². The van der Waals surface area contributed by atoms with Crippen LogP contribution in [-0.2, 0) is 10.3 Å². The lowest BCUT2D eigenvalue weighted by atomic mass is 9.77. The third-order valence-corrected chi connectivity index (χ3v) is 8.20. The number of hydrogen-bond donors (Lipinski definition) is 1. The van der Waals surface area contributed by atoms with E-state index >= 15 is 0 Å². The van der Waals surface area contributed by atoms with Gasteiger partial charge in [-0.1, -0.05) is 36.4 Å². The molecule has 0 amide bonds. The van der Waals surface area contributed by atoms with Crippen molar-refractivity contribution in [2.45, 2.75) is 40.2 Å². The third-order valence-electron chi connectivity index (χ3n) is 8.20. The molecule has 192 valence electrons. The Labute approximate surface area is 224 Å². The quantitative estimate of drug-likeness (QED) is 0.281. The fraction of sp³-hybridized carbons (Fsp3) is 0.242. The Morgan fingerprint density at radius 2 is 1.45 bits per heavy atom. The van der Waals surface area contributed by atoms with E-state index in [1.54, 1.807) is 0 Å². The van der Waals surface area contributed by atoms with Gasteiger partial charge in [0.1, 0.15) is 11.5 Å². The Hall–Kier alpha value is -4.25. The molecule has 1 N–H and O–H groups in total. The molecule has 0 bridgehead atoms. The molecule has 0 radical (unpaired) electrons. The van der Waals surface area contributed by atoms with Crippen LogP contribution < -0.4 is 15.0 Å². The van der Waals surface area contributed by atoms with Crippen LogP contribution in [0.2, 0.25) is 0 Å². The van der Waals surface area contributed by atoms with Crippen LogP contribution in [0, 0.1) is 20.8 Å². The molecule has 2 aliphatic heterocycles. The highest BCUT2D eigenvalue weighted by atomic mass is 16.6. The highest BCUT2D eigenvalue weighted by Gasteiger charge is 2.53. The molecule has 0 saturated heterocycles. The Balaban J connectivity index is 1.47. The van der Waals surface area contributed by atoms with Gasteiger partial charge in [-0.3, -0.25) is 0 Å². The predicted molar refractivity (Wildman–Crippen MR) is 152 cm³/mol. The molecule has 0 aliphatic carbocycles. The van der Waals surface area contributed by atoms with Gasteiger partial charge in [-0.25, -0.2) is 4.79 Å². The van der Waals surface area contributed by atoms with E-state index in [4.69, 9.17) is 9.47 Å². The first kappa shape index (κ1) is 24.1. The number of para-hydroxylation sites is 1. The van der Waals surface area contributed by atoms with Crippen molar-refractivity contribution >= 4 is 23.0 Å². The van der Waals surface area contributed by atoms with Crippen molar-refractivity contribution < 1.29 is 14.3 Å².